The topological polar surface area (TPSA) is 168 Å². The van der Waals surface area contributed by atoms with E-state index in [-0.39, 0.29) is 42.7 Å². The monoisotopic (exact) mass is 524 g/mol. The number of nitrogens with two attached hydrogens (primary N) is 1. The second-order valence-corrected chi connectivity index (χ2v) is 8.59. The van der Waals surface area contributed by atoms with E-state index in [1.807, 2.05) is 6.07 Å². The summed E-state index contributed by atoms with van der Waals surface area (Å²) in [4.78, 5) is 59.4. The maximum absolute atomic E-state index is 12.8. The summed E-state index contributed by atoms with van der Waals surface area (Å²) < 4.78 is 4.83. The Balaban J connectivity index is 1.35. The highest BCUT2D eigenvalue weighted by Gasteiger charge is 2.35. The van der Waals surface area contributed by atoms with Gasteiger partial charge in [-0.25, -0.2) is 14.8 Å². The largest absolute Gasteiger partial charge is 0.467 e. The van der Waals surface area contributed by atoms with E-state index in [9.17, 15) is 19.2 Å². The number of fused-ring (bicyclic) bond motifs is 1. The van der Waals surface area contributed by atoms with Crippen LogP contribution in [0, 0.1) is 11.3 Å². The number of anilines is 1. The van der Waals surface area contributed by atoms with Crippen molar-refractivity contribution in [3.05, 3.63) is 88.4 Å². The van der Waals surface area contributed by atoms with Crippen LogP contribution in [0.15, 0.2) is 54.7 Å². The predicted molar refractivity (Wildman–Crippen MR) is 141 cm³/mol. The molecule has 0 saturated heterocycles. The molecule has 1 aromatic heterocycles. The molecule has 0 fully saturated rings. The molecule has 0 spiro atoms. The number of imide groups is 1. The van der Waals surface area contributed by atoms with Crippen LogP contribution in [0.1, 0.15) is 60.9 Å². The van der Waals surface area contributed by atoms with Gasteiger partial charge in [-0.3, -0.25) is 19.3 Å². The fourth-order valence-corrected chi connectivity index (χ4v) is 4.03. The van der Waals surface area contributed by atoms with Crippen LogP contribution in [0.25, 0.3) is 12.2 Å². The van der Waals surface area contributed by atoms with Crippen LogP contribution in [0.5, 0.6) is 0 Å². The molecule has 0 radical (unpaired) electrons. The van der Waals surface area contributed by atoms with Crippen molar-refractivity contribution in [1.29, 1.82) is 5.26 Å². The lowest BCUT2D eigenvalue weighted by Crippen LogP contribution is -2.42. The number of aromatic nitrogens is 2. The Kier molecular flexibility index (Phi) is 8.06. The first-order valence-corrected chi connectivity index (χ1v) is 12.0. The van der Waals surface area contributed by atoms with Gasteiger partial charge in [0.2, 0.25) is 0 Å². The van der Waals surface area contributed by atoms with Crippen LogP contribution < -0.4 is 11.1 Å². The molecule has 0 aliphatic carbocycles. The second kappa shape index (κ2) is 11.8. The summed E-state index contributed by atoms with van der Waals surface area (Å²) in [6.07, 6.45) is 5.29. The van der Waals surface area contributed by atoms with Crippen LogP contribution >= 0.6 is 0 Å². The van der Waals surface area contributed by atoms with E-state index in [1.165, 1.54) is 13.3 Å². The zero-order valence-electron chi connectivity index (χ0n) is 21.0. The van der Waals surface area contributed by atoms with Gasteiger partial charge in [-0.1, -0.05) is 30.3 Å². The molecule has 0 bridgehead atoms. The molecular weight excluding hydrogens is 500 g/mol. The molecule has 2 heterocycles. The minimum atomic E-state index is -0.962. The van der Waals surface area contributed by atoms with Crippen molar-refractivity contribution in [3.8, 4) is 6.07 Å². The lowest BCUT2D eigenvalue weighted by molar-refractivity contribution is -0.143. The number of amides is 3. The van der Waals surface area contributed by atoms with E-state index < -0.39 is 17.9 Å². The van der Waals surface area contributed by atoms with Gasteiger partial charge in [0.05, 0.1) is 30.1 Å². The molecule has 3 N–H and O–H groups in total. The minimum Gasteiger partial charge on any atom is -0.467 e. The van der Waals surface area contributed by atoms with Crippen molar-refractivity contribution >= 4 is 41.7 Å². The maximum atomic E-state index is 12.8. The zero-order valence-corrected chi connectivity index (χ0v) is 21.0. The molecule has 39 heavy (non-hydrogen) atoms. The zero-order chi connectivity index (χ0) is 27.9. The lowest BCUT2D eigenvalue weighted by Gasteiger charge is -2.19. The molecule has 3 aromatic rings. The first-order chi connectivity index (χ1) is 18.8. The summed E-state index contributed by atoms with van der Waals surface area (Å²) in [7, 11) is 1.22. The third-order valence-electron chi connectivity index (χ3n) is 6.09. The molecule has 1 aliphatic rings. The quantitative estimate of drug-likeness (QED) is 0.315. The Bertz CT molecular complexity index is 1470. The number of rotatable bonds is 9. The Morgan fingerprint density at radius 3 is 2.38 bits per heavy atom. The number of ether oxygens (including phenoxy) is 1. The van der Waals surface area contributed by atoms with Crippen LogP contribution in [0.4, 0.5) is 5.82 Å². The van der Waals surface area contributed by atoms with Gasteiger partial charge in [0.1, 0.15) is 12.1 Å². The second-order valence-electron chi connectivity index (χ2n) is 8.59. The number of nitriles is 1. The average Bonchev–Trinajstić information content (AvgIpc) is 3.20. The van der Waals surface area contributed by atoms with E-state index in [0.29, 0.717) is 22.4 Å². The predicted octanol–water partition coefficient (Wildman–Crippen LogP) is 2.45. The minimum absolute atomic E-state index is 0.0352. The summed E-state index contributed by atoms with van der Waals surface area (Å²) >= 11 is 0. The van der Waals surface area contributed by atoms with Crippen molar-refractivity contribution in [2.24, 2.45) is 0 Å². The summed E-state index contributed by atoms with van der Waals surface area (Å²) in [5, 5.41) is 11.7. The standard InChI is InChI=1S/C28H24N6O5/c1-39-28(38)22(7-4-14-34-26(36)20-5-2-3-6-21(20)27(34)37)33-25(35)18-11-8-17(9-12-18)10-13-19-16-31-24(30)23(15-29)32-19/h2-3,5-6,8-13,16,22H,4,7,14H2,1H3,(H2,30,31)(H,33,35)/b13-10+. The Morgan fingerprint density at radius 1 is 1.10 bits per heavy atom. The number of nitrogens with zero attached hydrogens (tertiary/aromatic N) is 4. The molecule has 11 heteroatoms. The molecule has 4 rings (SSSR count). The first kappa shape index (κ1) is 26.7. The van der Waals surface area contributed by atoms with Gasteiger partial charge in [-0.2, -0.15) is 5.26 Å². The van der Waals surface area contributed by atoms with Gasteiger partial charge < -0.3 is 15.8 Å². The van der Waals surface area contributed by atoms with Crippen LogP contribution in [-0.2, 0) is 9.53 Å². The van der Waals surface area contributed by atoms with E-state index in [4.69, 9.17) is 15.7 Å². The van der Waals surface area contributed by atoms with Gasteiger partial charge >= 0.3 is 5.97 Å². The highest BCUT2D eigenvalue weighted by molar-refractivity contribution is 6.21. The number of methoxy groups -OCH3 is 1. The number of nitrogens with one attached hydrogen (secondary N) is 1. The molecule has 2 aromatic carbocycles. The number of carbonyl (C=O) groups is 4. The van der Waals surface area contributed by atoms with Crippen molar-refractivity contribution < 1.29 is 23.9 Å². The number of nitrogen functional groups attached to an aromatic ring is 1. The number of esters is 1. The van der Waals surface area contributed by atoms with Crippen molar-refractivity contribution in [2.75, 3.05) is 19.4 Å². The van der Waals surface area contributed by atoms with Gasteiger partial charge in [-0.15, -0.1) is 0 Å². The van der Waals surface area contributed by atoms with E-state index in [2.05, 4.69) is 15.3 Å². The van der Waals surface area contributed by atoms with E-state index in [0.717, 1.165) is 10.5 Å². The molecule has 0 saturated carbocycles. The molecule has 11 nitrogen and oxygen atoms in total. The Hall–Kier alpha value is -5.37. The van der Waals surface area contributed by atoms with Crippen molar-refractivity contribution in [2.45, 2.75) is 18.9 Å². The third-order valence-corrected chi connectivity index (χ3v) is 6.09. The summed E-state index contributed by atoms with van der Waals surface area (Å²) in [5.41, 5.74) is 7.85. The molecule has 196 valence electrons. The highest BCUT2D eigenvalue weighted by atomic mass is 16.5. The smallest absolute Gasteiger partial charge is 0.328 e. The van der Waals surface area contributed by atoms with Gasteiger partial charge in [0.25, 0.3) is 17.7 Å². The summed E-state index contributed by atoms with van der Waals surface area (Å²) in [6.45, 7) is 0.102. The van der Waals surface area contributed by atoms with Gasteiger partial charge in [-0.05, 0) is 48.7 Å². The molecule has 1 atom stereocenters. The van der Waals surface area contributed by atoms with Crippen LogP contribution in [0.2, 0.25) is 0 Å². The normalized spacial score (nSPS) is 13.2. The van der Waals surface area contributed by atoms with Crippen LogP contribution in [0.3, 0.4) is 0 Å². The molecule has 1 aliphatic heterocycles. The number of benzene rings is 2. The van der Waals surface area contributed by atoms with E-state index >= 15 is 0 Å². The highest BCUT2D eigenvalue weighted by Crippen LogP contribution is 2.23. The van der Waals surface area contributed by atoms with E-state index in [1.54, 1.807) is 60.7 Å². The lowest BCUT2D eigenvalue weighted by atomic mass is 10.1. The first-order valence-electron chi connectivity index (χ1n) is 12.0. The summed E-state index contributed by atoms with van der Waals surface area (Å²) in [5.74, 6) is -1.81. The molecule has 1 unspecified atom stereocenters. The van der Waals surface area contributed by atoms with Crippen molar-refractivity contribution in [1.82, 2.24) is 20.2 Å². The SMILES string of the molecule is COC(=O)C(CCCN1C(=O)c2ccccc2C1=O)NC(=O)c1ccc(/C=C/c2cnc(N)c(C#N)n2)cc1. The number of carbonyl (C=O) groups excluding carboxylic acids is 4. The average molecular weight is 525 g/mol. The Morgan fingerprint density at radius 2 is 1.77 bits per heavy atom. The fourth-order valence-electron chi connectivity index (χ4n) is 4.03. The maximum Gasteiger partial charge on any atom is 0.328 e. The fraction of sp³-hybridized carbons (Fsp3) is 0.179. The van der Waals surface area contributed by atoms with Crippen molar-refractivity contribution in [3.63, 3.8) is 0 Å². The van der Waals surface area contributed by atoms with Gasteiger partial charge in [0, 0.05) is 12.1 Å². The third kappa shape index (κ3) is 5.97. The summed E-state index contributed by atoms with van der Waals surface area (Å²) in [6, 6.07) is 14.1. The Labute approximate surface area is 223 Å². The molecule has 3 amide bonds. The number of hydrogen-bond acceptors (Lipinski definition) is 9. The van der Waals surface area contributed by atoms with Gasteiger partial charge in [0.15, 0.2) is 11.5 Å². The number of hydrogen-bond donors (Lipinski definition) is 2. The molecular formula is C28H24N6O5. The van der Waals surface area contributed by atoms with Crippen LogP contribution in [-0.4, -0.2) is 58.3 Å².